The largest absolute Gasteiger partial charge is 0.334 e. The first-order valence-corrected chi connectivity index (χ1v) is 5.04. The normalized spacial score (nSPS) is 33.8. The molecular weight excluding hydrogens is 196 g/mol. The Kier molecular flexibility index (Phi) is 1.90. The number of fused-ring (bicyclic) bond motifs is 1. The number of urea groups is 1. The predicted molar refractivity (Wildman–Crippen MR) is 51.9 cm³/mol. The third-order valence-electron chi connectivity index (χ3n) is 3.52. The topological polar surface area (TPSA) is 57.7 Å². The van der Waals surface area contributed by atoms with Gasteiger partial charge >= 0.3 is 6.03 Å². The minimum Gasteiger partial charge on any atom is -0.275 e. The van der Waals surface area contributed by atoms with Gasteiger partial charge in [0.1, 0.15) is 0 Å². The highest BCUT2D eigenvalue weighted by Crippen LogP contribution is 2.46. The third-order valence-corrected chi connectivity index (χ3v) is 3.52. The summed E-state index contributed by atoms with van der Waals surface area (Å²) in [5, 5.41) is 0. The van der Waals surface area contributed by atoms with Crippen LogP contribution in [0.15, 0.2) is 0 Å². The number of hydrogen-bond donors (Lipinski definition) is 0. The molecule has 1 aliphatic heterocycles. The molecule has 1 saturated carbocycles. The molecule has 0 aromatic rings. The summed E-state index contributed by atoms with van der Waals surface area (Å²) in [7, 11) is 0. The van der Waals surface area contributed by atoms with Crippen LogP contribution in [0.2, 0.25) is 0 Å². The Morgan fingerprint density at radius 1 is 1.33 bits per heavy atom. The van der Waals surface area contributed by atoms with E-state index in [0.717, 1.165) is 12.8 Å². The molecule has 1 saturated heterocycles. The van der Waals surface area contributed by atoms with Crippen molar-refractivity contribution in [2.75, 3.05) is 0 Å². The molecule has 1 heterocycles. The van der Waals surface area contributed by atoms with E-state index >= 15 is 0 Å². The number of nitrogens with zero attached hydrogens (tertiary/aromatic N) is 2. The lowest BCUT2D eigenvalue weighted by atomic mass is 9.73. The van der Waals surface area contributed by atoms with Crippen molar-refractivity contribution in [3.8, 4) is 0 Å². The molecule has 0 radical (unpaired) electrons. The van der Waals surface area contributed by atoms with Crippen LogP contribution in [0.5, 0.6) is 0 Å². The highest BCUT2D eigenvalue weighted by atomic mass is 16.2. The Labute approximate surface area is 88.0 Å². The molecule has 0 aromatic carbocycles. The molecule has 82 valence electrons. The Morgan fingerprint density at radius 3 is 2.13 bits per heavy atom. The maximum absolute atomic E-state index is 11.9. The van der Waals surface area contributed by atoms with E-state index in [1.807, 2.05) is 6.92 Å². The summed E-state index contributed by atoms with van der Waals surface area (Å²) in [5.41, 5.74) is -0.464. The maximum Gasteiger partial charge on any atom is 0.334 e. The number of carbonyl (C=O) groups is 3. The van der Waals surface area contributed by atoms with E-state index in [0.29, 0.717) is 0 Å². The van der Waals surface area contributed by atoms with Crippen molar-refractivity contribution in [3.63, 3.8) is 0 Å². The lowest BCUT2D eigenvalue weighted by molar-refractivity contribution is -0.133. The summed E-state index contributed by atoms with van der Waals surface area (Å²) >= 11 is 0. The number of imide groups is 2. The smallest absolute Gasteiger partial charge is 0.275 e. The molecule has 2 aliphatic rings. The van der Waals surface area contributed by atoms with Gasteiger partial charge < -0.3 is 0 Å². The standard InChI is InChI=1S/C10H14N2O3/c1-6(13)11-8-4-5-10(8,3)12(7(2)14)9(11)15/h8H,4-5H2,1-3H3/t8-,10+/m1/s1. The quantitative estimate of drug-likeness (QED) is 0.592. The van der Waals surface area contributed by atoms with Gasteiger partial charge in [0.05, 0.1) is 11.6 Å². The molecule has 2 fully saturated rings. The van der Waals surface area contributed by atoms with E-state index < -0.39 is 11.6 Å². The molecule has 0 aromatic heterocycles. The van der Waals surface area contributed by atoms with Crippen LogP contribution in [0, 0.1) is 0 Å². The zero-order valence-electron chi connectivity index (χ0n) is 9.11. The fourth-order valence-corrected chi connectivity index (χ4v) is 2.67. The van der Waals surface area contributed by atoms with Gasteiger partial charge in [-0.25, -0.2) is 4.79 Å². The van der Waals surface area contributed by atoms with Gasteiger partial charge in [-0.1, -0.05) is 0 Å². The Hall–Kier alpha value is -1.39. The van der Waals surface area contributed by atoms with E-state index in [4.69, 9.17) is 0 Å². The molecule has 15 heavy (non-hydrogen) atoms. The van der Waals surface area contributed by atoms with E-state index in [-0.39, 0.29) is 17.9 Å². The molecule has 0 N–H and O–H groups in total. The number of carbonyl (C=O) groups excluding carboxylic acids is 3. The van der Waals surface area contributed by atoms with Gasteiger partial charge in [0.25, 0.3) is 0 Å². The first kappa shape index (κ1) is 10.1. The second-order valence-corrected chi connectivity index (χ2v) is 4.44. The molecule has 0 spiro atoms. The van der Waals surface area contributed by atoms with Gasteiger partial charge in [0.15, 0.2) is 0 Å². The van der Waals surface area contributed by atoms with Gasteiger partial charge in [-0.05, 0) is 19.8 Å². The van der Waals surface area contributed by atoms with E-state index in [9.17, 15) is 14.4 Å². The summed E-state index contributed by atoms with van der Waals surface area (Å²) in [6.45, 7) is 4.59. The molecule has 0 unspecified atom stereocenters. The zero-order chi connectivity index (χ0) is 11.4. The first-order valence-electron chi connectivity index (χ1n) is 5.04. The molecule has 2 atom stereocenters. The molecule has 5 heteroatoms. The fraction of sp³-hybridized carbons (Fsp3) is 0.700. The molecule has 1 aliphatic carbocycles. The van der Waals surface area contributed by atoms with Crippen molar-refractivity contribution in [3.05, 3.63) is 0 Å². The second kappa shape index (κ2) is 2.81. The highest BCUT2D eigenvalue weighted by molar-refractivity contribution is 6.04. The van der Waals surface area contributed by atoms with Crippen LogP contribution >= 0.6 is 0 Å². The van der Waals surface area contributed by atoms with Crippen molar-refractivity contribution in [1.82, 2.24) is 9.80 Å². The Bertz CT molecular complexity index is 366. The summed E-state index contributed by atoms with van der Waals surface area (Å²) in [4.78, 5) is 37.0. The van der Waals surface area contributed by atoms with Crippen LogP contribution in [0.3, 0.4) is 0 Å². The minimum absolute atomic E-state index is 0.119. The van der Waals surface area contributed by atoms with Crippen LogP contribution in [-0.2, 0) is 9.59 Å². The molecular formula is C10H14N2O3. The van der Waals surface area contributed by atoms with Gasteiger partial charge in [0, 0.05) is 13.8 Å². The van der Waals surface area contributed by atoms with E-state index in [1.165, 1.54) is 23.6 Å². The van der Waals surface area contributed by atoms with Crippen molar-refractivity contribution >= 4 is 17.8 Å². The monoisotopic (exact) mass is 210 g/mol. The number of hydrogen-bond acceptors (Lipinski definition) is 3. The summed E-state index contributed by atoms with van der Waals surface area (Å²) in [6.07, 6.45) is 1.58. The Morgan fingerprint density at radius 2 is 1.93 bits per heavy atom. The predicted octanol–water partition coefficient (Wildman–Crippen LogP) is 0.738. The SMILES string of the molecule is CC(=O)N1C(=O)N(C(C)=O)[C@@]2(C)CC[C@@H]12. The minimum atomic E-state index is -0.464. The number of rotatable bonds is 0. The van der Waals surface area contributed by atoms with Crippen molar-refractivity contribution in [2.24, 2.45) is 0 Å². The van der Waals surface area contributed by atoms with Crippen molar-refractivity contribution in [1.29, 1.82) is 0 Å². The maximum atomic E-state index is 11.9. The highest BCUT2D eigenvalue weighted by Gasteiger charge is 2.62. The van der Waals surface area contributed by atoms with Gasteiger partial charge in [-0.15, -0.1) is 0 Å². The van der Waals surface area contributed by atoms with Crippen molar-refractivity contribution < 1.29 is 14.4 Å². The zero-order valence-corrected chi connectivity index (χ0v) is 9.11. The van der Waals surface area contributed by atoms with E-state index in [1.54, 1.807) is 0 Å². The van der Waals surface area contributed by atoms with Crippen LogP contribution < -0.4 is 0 Å². The lowest BCUT2D eigenvalue weighted by Crippen LogP contribution is -2.58. The fourth-order valence-electron chi connectivity index (χ4n) is 2.67. The van der Waals surface area contributed by atoms with Crippen LogP contribution in [-0.4, -0.2) is 39.2 Å². The van der Waals surface area contributed by atoms with Crippen molar-refractivity contribution in [2.45, 2.75) is 45.2 Å². The molecule has 0 bridgehead atoms. The van der Waals surface area contributed by atoms with Crippen LogP contribution in [0.25, 0.3) is 0 Å². The average Bonchev–Trinajstić information content (AvgIpc) is 2.23. The molecule has 4 amide bonds. The molecule has 5 nitrogen and oxygen atoms in total. The van der Waals surface area contributed by atoms with Crippen LogP contribution in [0.1, 0.15) is 33.6 Å². The average molecular weight is 210 g/mol. The van der Waals surface area contributed by atoms with E-state index in [2.05, 4.69) is 0 Å². The van der Waals surface area contributed by atoms with Gasteiger partial charge in [0.2, 0.25) is 11.8 Å². The second-order valence-electron chi connectivity index (χ2n) is 4.44. The Balaban J connectivity index is 2.40. The number of amides is 4. The lowest BCUT2D eigenvalue weighted by Gasteiger charge is -2.45. The molecule has 2 rings (SSSR count). The summed E-state index contributed by atoms with van der Waals surface area (Å²) in [6, 6.07) is -0.577. The third kappa shape index (κ3) is 1.06. The van der Waals surface area contributed by atoms with Gasteiger partial charge in [-0.2, -0.15) is 0 Å². The van der Waals surface area contributed by atoms with Crippen LogP contribution in [0.4, 0.5) is 4.79 Å². The van der Waals surface area contributed by atoms with Gasteiger partial charge in [-0.3, -0.25) is 19.4 Å². The first-order chi connectivity index (χ1) is 6.89. The summed E-state index contributed by atoms with van der Waals surface area (Å²) in [5.74, 6) is -0.560. The summed E-state index contributed by atoms with van der Waals surface area (Å²) < 4.78 is 0.